The van der Waals surface area contributed by atoms with Gasteiger partial charge in [0.2, 0.25) is 5.75 Å². The molecule has 2 aromatic carbocycles. The van der Waals surface area contributed by atoms with Crippen molar-refractivity contribution in [3.63, 3.8) is 0 Å². The molecule has 3 amide bonds. The average molecular weight is 418 g/mol. The van der Waals surface area contributed by atoms with Gasteiger partial charge in [-0.25, -0.2) is 14.1 Å². The maximum absolute atomic E-state index is 13.3. The SMILES string of the molecule is COc1cc([C@@H]2SC[C@H]3C(=O)N(c4ccc(F)cc4)C(=O)N32)cc(OC)c1OC. The fourth-order valence-electron chi connectivity index (χ4n) is 3.62. The molecule has 2 atom stereocenters. The van der Waals surface area contributed by atoms with Gasteiger partial charge in [-0.05, 0) is 42.0 Å². The number of urea groups is 1. The quantitative estimate of drug-likeness (QED) is 0.693. The predicted octanol–water partition coefficient (Wildman–Crippen LogP) is 3.43. The monoisotopic (exact) mass is 418 g/mol. The van der Waals surface area contributed by atoms with Gasteiger partial charge >= 0.3 is 6.03 Å². The van der Waals surface area contributed by atoms with Crippen molar-refractivity contribution in [1.29, 1.82) is 0 Å². The summed E-state index contributed by atoms with van der Waals surface area (Å²) in [6.07, 6.45) is 0. The number of nitrogens with zero attached hydrogens (tertiary/aromatic N) is 2. The highest BCUT2D eigenvalue weighted by Gasteiger charge is 2.53. The first-order chi connectivity index (χ1) is 14.0. The minimum Gasteiger partial charge on any atom is -0.493 e. The van der Waals surface area contributed by atoms with Crippen LogP contribution in [0.15, 0.2) is 36.4 Å². The van der Waals surface area contributed by atoms with Crippen molar-refractivity contribution in [2.24, 2.45) is 0 Å². The summed E-state index contributed by atoms with van der Waals surface area (Å²) in [6, 6.07) is 7.84. The first kappa shape index (κ1) is 19.4. The highest BCUT2D eigenvalue weighted by atomic mass is 32.2. The van der Waals surface area contributed by atoms with Gasteiger partial charge in [0, 0.05) is 5.75 Å². The van der Waals surface area contributed by atoms with E-state index in [0.717, 1.165) is 10.5 Å². The van der Waals surface area contributed by atoms with Gasteiger partial charge in [-0.2, -0.15) is 0 Å². The van der Waals surface area contributed by atoms with Crippen molar-refractivity contribution < 1.29 is 28.2 Å². The molecule has 2 aliphatic rings. The molecule has 2 heterocycles. The van der Waals surface area contributed by atoms with Crippen LogP contribution in [0.3, 0.4) is 0 Å². The zero-order chi connectivity index (χ0) is 20.7. The van der Waals surface area contributed by atoms with Gasteiger partial charge in [0.1, 0.15) is 17.2 Å². The Labute approximate surface area is 171 Å². The molecule has 29 heavy (non-hydrogen) atoms. The number of carbonyl (C=O) groups is 2. The highest BCUT2D eigenvalue weighted by molar-refractivity contribution is 7.99. The number of hydrogen-bond donors (Lipinski definition) is 0. The number of amides is 3. The van der Waals surface area contributed by atoms with Crippen molar-refractivity contribution in [2.45, 2.75) is 11.4 Å². The molecule has 0 radical (unpaired) electrons. The minimum atomic E-state index is -0.582. The number of ether oxygens (including phenoxy) is 3. The third kappa shape index (κ3) is 3.05. The maximum Gasteiger partial charge on any atom is 0.333 e. The molecule has 7 nitrogen and oxygen atoms in total. The summed E-state index contributed by atoms with van der Waals surface area (Å²) in [5, 5.41) is -0.393. The Kier molecular flexibility index (Phi) is 4.99. The molecule has 0 spiro atoms. The van der Waals surface area contributed by atoms with E-state index in [0.29, 0.717) is 28.7 Å². The fraction of sp³-hybridized carbons (Fsp3) is 0.300. The first-order valence-corrected chi connectivity index (χ1v) is 9.88. The van der Waals surface area contributed by atoms with E-state index in [1.54, 1.807) is 17.0 Å². The summed E-state index contributed by atoms with van der Waals surface area (Å²) < 4.78 is 29.4. The Morgan fingerprint density at radius 3 is 2.17 bits per heavy atom. The zero-order valence-corrected chi connectivity index (χ0v) is 16.9. The number of carbonyl (C=O) groups excluding carboxylic acids is 2. The Hall–Kier alpha value is -2.94. The molecule has 9 heteroatoms. The van der Waals surface area contributed by atoms with Gasteiger partial charge in [0.15, 0.2) is 11.5 Å². The Balaban J connectivity index is 1.71. The minimum absolute atomic E-state index is 0.316. The number of methoxy groups -OCH3 is 3. The zero-order valence-electron chi connectivity index (χ0n) is 16.0. The average Bonchev–Trinajstić information content (AvgIpc) is 3.28. The Bertz CT molecular complexity index is 943. The largest absolute Gasteiger partial charge is 0.493 e. The molecule has 152 valence electrons. The number of benzene rings is 2. The van der Waals surface area contributed by atoms with Crippen LogP contribution < -0.4 is 19.1 Å². The van der Waals surface area contributed by atoms with E-state index in [-0.39, 0.29) is 5.91 Å². The van der Waals surface area contributed by atoms with E-state index in [1.807, 2.05) is 0 Å². The molecule has 2 aliphatic heterocycles. The van der Waals surface area contributed by atoms with E-state index in [9.17, 15) is 14.0 Å². The second-order valence-corrected chi connectivity index (χ2v) is 7.61. The lowest BCUT2D eigenvalue weighted by Gasteiger charge is -2.24. The van der Waals surface area contributed by atoms with Crippen molar-refractivity contribution in [1.82, 2.24) is 4.90 Å². The number of thioether (sulfide) groups is 1. The highest BCUT2D eigenvalue weighted by Crippen LogP contribution is 2.49. The summed E-state index contributed by atoms with van der Waals surface area (Å²) in [4.78, 5) is 28.7. The predicted molar refractivity (Wildman–Crippen MR) is 106 cm³/mol. The van der Waals surface area contributed by atoms with Crippen LogP contribution >= 0.6 is 11.8 Å². The van der Waals surface area contributed by atoms with Crippen LogP contribution in [-0.2, 0) is 4.79 Å². The van der Waals surface area contributed by atoms with E-state index >= 15 is 0 Å². The lowest BCUT2D eigenvalue weighted by Crippen LogP contribution is -2.33. The molecule has 0 aromatic heterocycles. The lowest BCUT2D eigenvalue weighted by atomic mass is 10.1. The molecule has 2 saturated heterocycles. The molecular formula is C20H19FN2O5S. The Morgan fingerprint density at radius 2 is 1.62 bits per heavy atom. The van der Waals surface area contributed by atoms with Crippen molar-refractivity contribution in [3.8, 4) is 17.2 Å². The van der Waals surface area contributed by atoms with Crippen LogP contribution in [0.5, 0.6) is 17.2 Å². The van der Waals surface area contributed by atoms with Crippen molar-refractivity contribution >= 4 is 29.4 Å². The first-order valence-electron chi connectivity index (χ1n) is 8.83. The topological polar surface area (TPSA) is 68.3 Å². The molecule has 0 bridgehead atoms. The van der Waals surface area contributed by atoms with Crippen molar-refractivity contribution in [3.05, 3.63) is 47.8 Å². The van der Waals surface area contributed by atoms with Gasteiger partial charge in [0.25, 0.3) is 5.91 Å². The third-order valence-electron chi connectivity index (χ3n) is 4.98. The fourth-order valence-corrected chi connectivity index (χ4v) is 5.01. The molecule has 0 unspecified atom stereocenters. The van der Waals surface area contributed by atoms with Crippen LogP contribution in [0.4, 0.5) is 14.9 Å². The number of rotatable bonds is 5. The summed E-state index contributed by atoms with van der Waals surface area (Å²) in [5.41, 5.74) is 1.11. The van der Waals surface area contributed by atoms with Crippen LogP contribution in [0.1, 0.15) is 10.9 Å². The second kappa shape index (κ2) is 7.47. The number of imide groups is 1. The van der Waals surface area contributed by atoms with E-state index in [2.05, 4.69) is 0 Å². The molecule has 0 N–H and O–H groups in total. The standard InChI is InChI=1S/C20H19FN2O5S/c1-26-15-8-11(9-16(27-2)17(15)28-3)19-23-14(10-29-19)18(24)22(20(23)25)13-6-4-12(21)5-7-13/h4-9,14,19H,10H2,1-3H3/t14-,19-/m0/s1. The number of fused-ring (bicyclic) bond motifs is 1. The third-order valence-corrected chi connectivity index (χ3v) is 6.30. The molecule has 4 rings (SSSR count). The van der Waals surface area contributed by atoms with Crippen LogP contribution in [-0.4, -0.2) is 50.0 Å². The summed E-state index contributed by atoms with van der Waals surface area (Å²) in [6.45, 7) is 0. The second-order valence-electron chi connectivity index (χ2n) is 6.50. The Morgan fingerprint density at radius 1 is 1.00 bits per heavy atom. The summed E-state index contributed by atoms with van der Waals surface area (Å²) in [5.74, 6) is 1.11. The van der Waals surface area contributed by atoms with Gasteiger partial charge < -0.3 is 14.2 Å². The van der Waals surface area contributed by atoms with Crippen molar-refractivity contribution in [2.75, 3.05) is 32.0 Å². The molecular weight excluding hydrogens is 399 g/mol. The number of anilines is 1. The molecule has 2 aromatic rings. The maximum atomic E-state index is 13.3. The summed E-state index contributed by atoms with van der Waals surface area (Å²) >= 11 is 1.49. The smallest absolute Gasteiger partial charge is 0.333 e. The number of halogens is 1. The molecule has 0 aliphatic carbocycles. The van der Waals surface area contributed by atoms with Gasteiger partial charge in [-0.15, -0.1) is 11.8 Å². The number of hydrogen-bond acceptors (Lipinski definition) is 6. The van der Waals surface area contributed by atoms with Crippen LogP contribution in [0, 0.1) is 5.82 Å². The van der Waals surface area contributed by atoms with Gasteiger partial charge in [-0.1, -0.05) is 0 Å². The summed E-state index contributed by atoms with van der Waals surface area (Å²) in [7, 11) is 4.56. The van der Waals surface area contributed by atoms with E-state index in [4.69, 9.17) is 14.2 Å². The van der Waals surface area contributed by atoms with Gasteiger partial charge in [-0.3, -0.25) is 9.69 Å². The normalized spacial score (nSPS) is 20.8. The van der Waals surface area contributed by atoms with Gasteiger partial charge in [0.05, 0.1) is 27.0 Å². The molecule has 0 saturated carbocycles. The molecule has 2 fully saturated rings. The van der Waals surface area contributed by atoms with Crippen LogP contribution in [0.25, 0.3) is 0 Å². The van der Waals surface area contributed by atoms with E-state index < -0.39 is 23.3 Å². The van der Waals surface area contributed by atoms with E-state index in [1.165, 1.54) is 57.4 Å². The van der Waals surface area contributed by atoms with Crippen LogP contribution in [0.2, 0.25) is 0 Å². The lowest BCUT2D eigenvalue weighted by molar-refractivity contribution is -0.119.